The number of anilines is 1. The Hall–Kier alpha value is -2.02. The number of hydrogen-bond acceptors (Lipinski definition) is 5. The molecule has 1 atom stereocenters. The van der Waals surface area contributed by atoms with Gasteiger partial charge in [0.1, 0.15) is 11.0 Å². The normalized spacial score (nSPS) is 20.2. The number of hydrogen-bond donors (Lipinski definition) is 1. The summed E-state index contributed by atoms with van der Waals surface area (Å²) < 4.78 is 5.18. The number of thioether (sulfide) groups is 1. The van der Waals surface area contributed by atoms with Crippen molar-refractivity contribution in [2.75, 3.05) is 25.5 Å². The van der Waals surface area contributed by atoms with Crippen LogP contribution in [-0.2, 0) is 9.59 Å². The topological polar surface area (TPSA) is 71.0 Å². The number of aliphatic imine (C=N–C) groups is 1. The van der Waals surface area contributed by atoms with Crippen molar-refractivity contribution in [2.24, 2.45) is 4.99 Å². The molecule has 1 N–H and O–H groups in total. The van der Waals surface area contributed by atoms with Crippen molar-refractivity contribution in [3.05, 3.63) is 24.3 Å². The number of methoxy groups -OCH3 is 1. The van der Waals surface area contributed by atoms with Crippen molar-refractivity contribution in [1.82, 2.24) is 4.90 Å². The van der Waals surface area contributed by atoms with Gasteiger partial charge in [-0.2, -0.15) is 0 Å². The molecule has 1 aromatic rings. The third-order valence-electron chi connectivity index (χ3n) is 3.34. The highest BCUT2D eigenvalue weighted by Crippen LogP contribution is 2.32. The van der Waals surface area contributed by atoms with E-state index < -0.39 is 0 Å². The predicted molar refractivity (Wildman–Crippen MR) is 81.6 cm³/mol. The van der Waals surface area contributed by atoms with Gasteiger partial charge >= 0.3 is 0 Å². The molecule has 1 aromatic carbocycles. The maximum atomic E-state index is 12.1. The van der Waals surface area contributed by atoms with E-state index in [1.54, 1.807) is 24.1 Å². The van der Waals surface area contributed by atoms with Crippen LogP contribution in [0.25, 0.3) is 0 Å². The van der Waals surface area contributed by atoms with Gasteiger partial charge in [0.2, 0.25) is 11.8 Å². The van der Waals surface area contributed by atoms with Gasteiger partial charge in [0.15, 0.2) is 5.17 Å². The molecule has 6 nitrogen and oxygen atoms in total. The number of para-hydroxylation sites is 2. The fraction of sp³-hybridized carbons (Fsp3) is 0.357. The number of rotatable bonds is 4. The second kappa shape index (κ2) is 5.77. The average Bonchev–Trinajstić information content (AvgIpc) is 3.04. The van der Waals surface area contributed by atoms with Gasteiger partial charge < -0.3 is 10.1 Å². The van der Waals surface area contributed by atoms with E-state index in [1.807, 2.05) is 12.1 Å². The second-order valence-electron chi connectivity index (χ2n) is 4.71. The van der Waals surface area contributed by atoms with E-state index in [0.29, 0.717) is 24.5 Å². The number of nitrogens with one attached hydrogen (secondary N) is 1. The molecule has 7 heteroatoms. The standard InChI is InChI=1S/C14H15N3O3S/c1-20-10-5-3-2-4-9(10)16-12(18)8-11-13(19)17-7-6-15-14(17)21-11/h2-5,11H,6-8H2,1H3,(H,16,18)/t11-/m1/s1. The number of fused-ring (bicyclic) bond motifs is 1. The Morgan fingerprint density at radius 3 is 3.10 bits per heavy atom. The largest absolute Gasteiger partial charge is 0.495 e. The summed E-state index contributed by atoms with van der Waals surface area (Å²) >= 11 is 1.37. The minimum absolute atomic E-state index is 0.0218. The van der Waals surface area contributed by atoms with Crippen LogP contribution in [0.15, 0.2) is 29.3 Å². The van der Waals surface area contributed by atoms with Gasteiger partial charge in [-0.3, -0.25) is 19.5 Å². The molecule has 2 amide bonds. The summed E-state index contributed by atoms with van der Waals surface area (Å²) in [6.07, 6.45) is 0.136. The number of carbonyl (C=O) groups is 2. The SMILES string of the molecule is COc1ccccc1NC(=O)C[C@H]1SC2=NCCN2C1=O. The van der Waals surface area contributed by atoms with Crippen molar-refractivity contribution in [3.63, 3.8) is 0 Å². The molecule has 0 bridgehead atoms. The molecule has 0 aliphatic carbocycles. The number of benzene rings is 1. The lowest BCUT2D eigenvalue weighted by Crippen LogP contribution is -2.32. The fourth-order valence-electron chi connectivity index (χ4n) is 2.33. The van der Waals surface area contributed by atoms with E-state index in [4.69, 9.17) is 4.74 Å². The summed E-state index contributed by atoms with van der Waals surface area (Å²) in [5, 5.41) is 3.16. The monoisotopic (exact) mass is 305 g/mol. The Kier molecular flexibility index (Phi) is 3.83. The predicted octanol–water partition coefficient (Wildman–Crippen LogP) is 1.34. The van der Waals surface area contributed by atoms with E-state index in [0.717, 1.165) is 5.17 Å². The van der Waals surface area contributed by atoms with Gasteiger partial charge in [0.05, 0.1) is 19.3 Å². The molecule has 21 heavy (non-hydrogen) atoms. The van der Waals surface area contributed by atoms with Crippen molar-refractivity contribution in [3.8, 4) is 5.75 Å². The Morgan fingerprint density at radius 2 is 2.33 bits per heavy atom. The number of amidine groups is 1. The second-order valence-corrected chi connectivity index (χ2v) is 5.88. The molecule has 0 radical (unpaired) electrons. The number of ether oxygens (including phenoxy) is 1. The molecular formula is C14H15N3O3S. The van der Waals surface area contributed by atoms with Crippen LogP contribution in [0.1, 0.15) is 6.42 Å². The van der Waals surface area contributed by atoms with E-state index >= 15 is 0 Å². The summed E-state index contributed by atoms with van der Waals surface area (Å²) in [6.45, 7) is 1.29. The Balaban J connectivity index is 1.63. The molecule has 0 aromatic heterocycles. The lowest BCUT2D eigenvalue weighted by atomic mass is 10.2. The highest BCUT2D eigenvalue weighted by atomic mass is 32.2. The van der Waals surface area contributed by atoms with Crippen LogP contribution >= 0.6 is 11.8 Å². The molecule has 1 fully saturated rings. The highest BCUT2D eigenvalue weighted by Gasteiger charge is 2.40. The van der Waals surface area contributed by atoms with Crippen LogP contribution < -0.4 is 10.1 Å². The Morgan fingerprint density at radius 1 is 1.52 bits per heavy atom. The molecule has 0 spiro atoms. The third kappa shape index (κ3) is 2.73. The molecule has 2 heterocycles. The van der Waals surface area contributed by atoms with Gasteiger partial charge in [0.25, 0.3) is 0 Å². The first-order valence-corrected chi connectivity index (χ1v) is 7.52. The minimum Gasteiger partial charge on any atom is -0.495 e. The lowest BCUT2D eigenvalue weighted by Gasteiger charge is -2.12. The maximum Gasteiger partial charge on any atom is 0.242 e. The number of nitrogens with zero attached hydrogens (tertiary/aromatic N) is 2. The van der Waals surface area contributed by atoms with Crippen molar-refractivity contribution in [2.45, 2.75) is 11.7 Å². The van der Waals surface area contributed by atoms with Crippen molar-refractivity contribution in [1.29, 1.82) is 0 Å². The van der Waals surface area contributed by atoms with E-state index in [-0.39, 0.29) is 23.5 Å². The molecule has 2 aliphatic heterocycles. The van der Waals surface area contributed by atoms with Crippen LogP contribution in [0.4, 0.5) is 5.69 Å². The Labute approximate surface area is 126 Å². The quantitative estimate of drug-likeness (QED) is 0.911. The summed E-state index contributed by atoms with van der Waals surface area (Å²) in [5.41, 5.74) is 0.610. The van der Waals surface area contributed by atoms with Crippen molar-refractivity contribution < 1.29 is 14.3 Å². The van der Waals surface area contributed by atoms with Crippen LogP contribution in [-0.4, -0.2) is 47.3 Å². The molecule has 1 saturated heterocycles. The van der Waals surface area contributed by atoms with Gasteiger partial charge in [-0.05, 0) is 12.1 Å². The summed E-state index contributed by atoms with van der Waals surface area (Å²) in [6, 6.07) is 7.19. The van der Waals surface area contributed by atoms with Gasteiger partial charge in [-0.25, -0.2) is 0 Å². The number of amides is 2. The first kappa shape index (κ1) is 13.9. The molecule has 0 unspecified atom stereocenters. The molecule has 110 valence electrons. The average molecular weight is 305 g/mol. The van der Waals surface area contributed by atoms with E-state index in [2.05, 4.69) is 10.3 Å². The van der Waals surface area contributed by atoms with Crippen LogP contribution in [0.2, 0.25) is 0 Å². The first-order valence-electron chi connectivity index (χ1n) is 6.64. The Bertz CT molecular complexity index is 617. The van der Waals surface area contributed by atoms with E-state index in [1.165, 1.54) is 11.8 Å². The lowest BCUT2D eigenvalue weighted by molar-refractivity contribution is -0.127. The zero-order valence-corrected chi connectivity index (χ0v) is 12.4. The van der Waals surface area contributed by atoms with Gasteiger partial charge in [0, 0.05) is 13.0 Å². The van der Waals surface area contributed by atoms with Crippen LogP contribution in [0, 0.1) is 0 Å². The zero-order chi connectivity index (χ0) is 14.8. The minimum atomic E-state index is -0.376. The summed E-state index contributed by atoms with van der Waals surface area (Å²) in [7, 11) is 1.55. The third-order valence-corrected chi connectivity index (χ3v) is 4.56. The van der Waals surface area contributed by atoms with Gasteiger partial charge in [-0.15, -0.1) is 0 Å². The first-order chi connectivity index (χ1) is 10.2. The van der Waals surface area contributed by atoms with E-state index in [9.17, 15) is 9.59 Å². The maximum absolute atomic E-state index is 12.1. The molecule has 0 saturated carbocycles. The number of carbonyl (C=O) groups excluding carboxylic acids is 2. The molecule has 3 rings (SSSR count). The molecular weight excluding hydrogens is 290 g/mol. The fourth-order valence-corrected chi connectivity index (χ4v) is 3.52. The highest BCUT2D eigenvalue weighted by molar-refractivity contribution is 8.15. The zero-order valence-electron chi connectivity index (χ0n) is 11.5. The van der Waals surface area contributed by atoms with Gasteiger partial charge in [-0.1, -0.05) is 23.9 Å². The van der Waals surface area contributed by atoms with Crippen LogP contribution in [0.3, 0.4) is 0 Å². The van der Waals surface area contributed by atoms with Crippen LogP contribution in [0.5, 0.6) is 5.75 Å². The van der Waals surface area contributed by atoms with Crippen molar-refractivity contribution >= 4 is 34.4 Å². The summed E-state index contributed by atoms with van der Waals surface area (Å²) in [5.74, 6) is 0.375. The smallest absolute Gasteiger partial charge is 0.242 e. The summed E-state index contributed by atoms with van der Waals surface area (Å²) in [4.78, 5) is 30.1. The molecule has 2 aliphatic rings.